The summed E-state index contributed by atoms with van der Waals surface area (Å²) in [7, 11) is 1.53. The second-order valence-corrected chi connectivity index (χ2v) is 9.15. The molecule has 1 fully saturated rings. The van der Waals surface area contributed by atoms with Gasteiger partial charge in [-0.1, -0.05) is 60.7 Å². The SMILES string of the molecule is COc1ccc(N2C(=O)c3ccc(C(=O)N4[C@H](c5ccccc5)[C@@H]4C(=O)c4ccccc4)cc3C2=O)cc1. The molecule has 7 nitrogen and oxygen atoms in total. The first-order valence-corrected chi connectivity index (χ1v) is 12.1. The summed E-state index contributed by atoms with van der Waals surface area (Å²) in [5.74, 6) is -0.887. The molecule has 2 heterocycles. The van der Waals surface area contributed by atoms with E-state index in [-0.39, 0.29) is 28.4 Å². The lowest BCUT2D eigenvalue weighted by Crippen LogP contribution is -2.29. The number of amides is 3. The summed E-state index contributed by atoms with van der Waals surface area (Å²) in [5, 5.41) is 0. The average Bonchev–Trinajstić information content (AvgIpc) is 3.67. The minimum Gasteiger partial charge on any atom is -0.497 e. The molecule has 0 saturated carbocycles. The summed E-state index contributed by atoms with van der Waals surface area (Å²) >= 11 is 0. The standard InChI is InChI=1S/C31H22N2O5/c1-38-23-15-13-22(14-16-23)32-30(36)24-17-12-21(18-25(24)31(32)37)29(35)33-26(19-8-4-2-5-9-19)27(33)28(34)20-10-6-3-7-11-20/h2-18,26-27H,1H3/t26-,27-,33?/m1/s1. The van der Waals surface area contributed by atoms with Crippen LogP contribution in [-0.4, -0.2) is 41.6 Å². The van der Waals surface area contributed by atoms with E-state index in [1.54, 1.807) is 48.5 Å². The number of hydrogen-bond acceptors (Lipinski definition) is 5. The Labute approximate surface area is 218 Å². The summed E-state index contributed by atoms with van der Waals surface area (Å²) in [6.07, 6.45) is 0. The third-order valence-electron chi connectivity index (χ3n) is 6.98. The molecular formula is C31H22N2O5. The summed E-state index contributed by atoms with van der Waals surface area (Å²) in [4.78, 5) is 56.0. The van der Waals surface area contributed by atoms with Crippen LogP contribution in [0.4, 0.5) is 5.69 Å². The van der Waals surface area contributed by atoms with Crippen LogP contribution < -0.4 is 9.64 Å². The van der Waals surface area contributed by atoms with Gasteiger partial charge in [0.25, 0.3) is 17.7 Å². The fourth-order valence-electron chi connectivity index (χ4n) is 5.01. The fraction of sp³-hybridized carbons (Fsp3) is 0.0968. The number of anilines is 1. The first-order valence-electron chi connectivity index (χ1n) is 12.1. The number of ketones is 1. The minimum absolute atomic E-state index is 0.147. The molecule has 0 aliphatic carbocycles. The number of carbonyl (C=O) groups excluding carboxylic acids is 4. The van der Waals surface area contributed by atoms with E-state index in [0.29, 0.717) is 17.0 Å². The van der Waals surface area contributed by atoms with Crippen LogP contribution in [0.25, 0.3) is 0 Å². The van der Waals surface area contributed by atoms with E-state index in [2.05, 4.69) is 0 Å². The van der Waals surface area contributed by atoms with Crippen LogP contribution in [0, 0.1) is 0 Å². The molecule has 0 bridgehead atoms. The van der Waals surface area contributed by atoms with E-state index >= 15 is 0 Å². The Morgan fingerprint density at radius 2 is 1.34 bits per heavy atom. The topological polar surface area (TPSA) is 83.8 Å². The Morgan fingerprint density at radius 1 is 0.711 bits per heavy atom. The lowest BCUT2D eigenvalue weighted by Gasteiger charge is -2.14. The summed E-state index contributed by atoms with van der Waals surface area (Å²) < 4.78 is 5.16. The van der Waals surface area contributed by atoms with Gasteiger partial charge in [-0.2, -0.15) is 0 Å². The van der Waals surface area contributed by atoms with Gasteiger partial charge in [-0.3, -0.25) is 19.2 Å². The summed E-state index contributed by atoms with van der Waals surface area (Å²) in [6.45, 7) is 0. The van der Waals surface area contributed by atoms with Gasteiger partial charge in [0.1, 0.15) is 11.8 Å². The maximum Gasteiger partial charge on any atom is 0.266 e. The van der Waals surface area contributed by atoms with E-state index < -0.39 is 23.9 Å². The van der Waals surface area contributed by atoms with E-state index in [1.165, 1.54) is 30.2 Å². The monoisotopic (exact) mass is 502 g/mol. The van der Waals surface area contributed by atoms with Gasteiger partial charge in [0, 0.05) is 11.1 Å². The lowest BCUT2D eigenvalue weighted by atomic mass is 10.0. The van der Waals surface area contributed by atoms with Gasteiger partial charge in [0.15, 0.2) is 5.78 Å². The van der Waals surface area contributed by atoms with E-state index in [9.17, 15) is 19.2 Å². The van der Waals surface area contributed by atoms with Gasteiger partial charge < -0.3 is 9.64 Å². The quantitative estimate of drug-likeness (QED) is 0.212. The molecule has 2 atom stereocenters. The fourth-order valence-corrected chi connectivity index (χ4v) is 5.01. The zero-order chi connectivity index (χ0) is 26.4. The molecule has 3 amide bonds. The summed E-state index contributed by atoms with van der Waals surface area (Å²) in [5.41, 5.74) is 2.41. The Hall–Kier alpha value is -5.04. The predicted octanol–water partition coefficient (Wildman–Crippen LogP) is 4.94. The first kappa shape index (κ1) is 23.4. The molecule has 4 aromatic carbocycles. The number of hydrogen-bond donors (Lipinski definition) is 0. The molecule has 2 aliphatic heterocycles. The predicted molar refractivity (Wildman–Crippen MR) is 140 cm³/mol. The smallest absolute Gasteiger partial charge is 0.266 e. The third kappa shape index (κ3) is 3.76. The molecule has 6 rings (SSSR count). The molecule has 0 spiro atoms. The minimum atomic E-state index is -0.659. The zero-order valence-electron chi connectivity index (χ0n) is 20.4. The Bertz CT molecular complexity index is 1580. The third-order valence-corrected chi connectivity index (χ3v) is 6.98. The Balaban J connectivity index is 1.31. The molecule has 186 valence electrons. The average molecular weight is 503 g/mol. The van der Waals surface area contributed by atoms with Crippen LogP contribution in [0.1, 0.15) is 53.0 Å². The molecule has 0 aromatic heterocycles. The Kier molecular flexibility index (Phi) is 5.61. The van der Waals surface area contributed by atoms with Crippen LogP contribution in [0.5, 0.6) is 5.75 Å². The van der Waals surface area contributed by atoms with Crippen molar-refractivity contribution in [1.82, 2.24) is 4.90 Å². The highest BCUT2D eigenvalue weighted by atomic mass is 16.5. The molecule has 7 heteroatoms. The van der Waals surface area contributed by atoms with Crippen molar-refractivity contribution in [2.45, 2.75) is 12.1 Å². The number of fused-ring (bicyclic) bond motifs is 1. The van der Waals surface area contributed by atoms with Gasteiger partial charge in [0.2, 0.25) is 0 Å². The number of benzene rings is 4. The van der Waals surface area contributed by atoms with E-state index in [0.717, 1.165) is 10.5 Å². The van der Waals surface area contributed by atoms with Crippen molar-refractivity contribution < 1.29 is 23.9 Å². The van der Waals surface area contributed by atoms with Crippen LogP contribution in [0.2, 0.25) is 0 Å². The number of Topliss-reactive ketones (excluding diaryl/α,β-unsaturated/α-hetero) is 1. The highest BCUT2D eigenvalue weighted by Gasteiger charge is 2.56. The van der Waals surface area contributed by atoms with Gasteiger partial charge in [0.05, 0.1) is 30.0 Å². The second-order valence-electron chi connectivity index (χ2n) is 9.15. The molecular weight excluding hydrogens is 480 g/mol. The number of rotatable bonds is 6. The van der Waals surface area contributed by atoms with Gasteiger partial charge >= 0.3 is 0 Å². The van der Waals surface area contributed by atoms with Crippen molar-refractivity contribution in [2.24, 2.45) is 0 Å². The van der Waals surface area contributed by atoms with Gasteiger partial charge in [-0.15, -0.1) is 0 Å². The number of imide groups is 1. The van der Waals surface area contributed by atoms with E-state index in [1.807, 2.05) is 36.4 Å². The van der Waals surface area contributed by atoms with E-state index in [4.69, 9.17) is 4.74 Å². The maximum absolute atomic E-state index is 13.7. The normalized spacial score (nSPS) is 17.8. The number of carbonyl (C=O) groups is 4. The molecule has 4 aromatic rings. The molecule has 1 saturated heterocycles. The summed E-state index contributed by atoms with van der Waals surface area (Å²) in [6, 6.07) is 28.3. The van der Waals surface area contributed by atoms with Crippen molar-refractivity contribution in [3.8, 4) is 5.75 Å². The maximum atomic E-state index is 13.7. The molecule has 38 heavy (non-hydrogen) atoms. The largest absolute Gasteiger partial charge is 0.497 e. The number of nitrogens with zero attached hydrogens (tertiary/aromatic N) is 2. The number of ether oxygens (including phenoxy) is 1. The molecule has 2 aliphatic rings. The van der Waals surface area contributed by atoms with Crippen molar-refractivity contribution in [2.75, 3.05) is 12.0 Å². The molecule has 0 radical (unpaired) electrons. The molecule has 0 unspecified atom stereocenters. The second kappa shape index (κ2) is 9.12. The highest BCUT2D eigenvalue weighted by Crippen LogP contribution is 2.46. The van der Waals surface area contributed by atoms with Crippen LogP contribution in [0.3, 0.4) is 0 Å². The van der Waals surface area contributed by atoms with Gasteiger partial charge in [-0.05, 0) is 48.0 Å². The van der Waals surface area contributed by atoms with Crippen molar-refractivity contribution in [3.05, 3.63) is 131 Å². The van der Waals surface area contributed by atoms with Crippen molar-refractivity contribution >= 4 is 29.2 Å². The lowest BCUT2D eigenvalue weighted by molar-refractivity contribution is 0.0833. The van der Waals surface area contributed by atoms with Gasteiger partial charge in [-0.25, -0.2) is 4.90 Å². The van der Waals surface area contributed by atoms with Crippen LogP contribution >= 0.6 is 0 Å². The van der Waals surface area contributed by atoms with Crippen molar-refractivity contribution in [3.63, 3.8) is 0 Å². The molecule has 0 N–H and O–H groups in total. The van der Waals surface area contributed by atoms with Crippen LogP contribution in [-0.2, 0) is 0 Å². The van der Waals surface area contributed by atoms with Crippen molar-refractivity contribution in [1.29, 1.82) is 0 Å². The number of methoxy groups -OCH3 is 1. The van der Waals surface area contributed by atoms with Crippen LogP contribution in [0.15, 0.2) is 103 Å². The Morgan fingerprint density at radius 3 is 2.00 bits per heavy atom. The highest BCUT2D eigenvalue weighted by molar-refractivity contribution is 6.34. The zero-order valence-corrected chi connectivity index (χ0v) is 20.4. The first-order chi connectivity index (χ1) is 18.5.